The van der Waals surface area contributed by atoms with Crippen LogP contribution >= 0.6 is 12.4 Å². The van der Waals surface area contributed by atoms with Crippen LogP contribution in [0.3, 0.4) is 0 Å². The molecule has 2 aliphatic heterocycles. The van der Waals surface area contributed by atoms with Crippen molar-refractivity contribution in [3.63, 3.8) is 0 Å². The van der Waals surface area contributed by atoms with Crippen LogP contribution < -0.4 is 10.1 Å². The molecule has 2 saturated heterocycles. The molecule has 0 aliphatic carbocycles. The van der Waals surface area contributed by atoms with Crippen LogP contribution in [0.25, 0.3) is 0 Å². The summed E-state index contributed by atoms with van der Waals surface area (Å²) in [5.74, 6) is 1.64. The van der Waals surface area contributed by atoms with E-state index in [2.05, 4.69) is 5.32 Å². The number of nitro benzene ring substituents is 1. The van der Waals surface area contributed by atoms with Crippen LogP contribution in [0.1, 0.15) is 12.8 Å². The number of carbonyl (C=O) groups is 1. The smallest absolute Gasteiger partial charge is 0.273 e. The van der Waals surface area contributed by atoms with Crippen LogP contribution in [0.15, 0.2) is 24.3 Å². The van der Waals surface area contributed by atoms with Gasteiger partial charge in [-0.25, -0.2) is 0 Å². The maximum atomic E-state index is 12.3. The van der Waals surface area contributed by atoms with Gasteiger partial charge in [-0.05, 0) is 43.8 Å². The zero-order chi connectivity index (χ0) is 16.2. The lowest BCUT2D eigenvalue weighted by Crippen LogP contribution is -2.36. The molecular formula is C16H22ClN3O4. The predicted molar refractivity (Wildman–Crippen MR) is 91.5 cm³/mol. The number of amides is 1. The summed E-state index contributed by atoms with van der Waals surface area (Å²) in [5, 5.41) is 14.2. The van der Waals surface area contributed by atoms with Crippen LogP contribution in [-0.4, -0.2) is 48.5 Å². The zero-order valence-corrected chi connectivity index (χ0v) is 14.2. The maximum absolute atomic E-state index is 12.3. The molecule has 7 nitrogen and oxygen atoms in total. The van der Waals surface area contributed by atoms with Gasteiger partial charge in [-0.2, -0.15) is 0 Å². The van der Waals surface area contributed by atoms with Crippen LogP contribution in [0, 0.1) is 22.0 Å². The highest BCUT2D eigenvalue weighted by molar-refractivity contribution is 5.85. The van der Waals surface area contributed by atoms with Crippen molar-refractivity contribution in [1.29, 1.82) is 0 Å². The van der Waals surface area contributed by atoms with Crippen molar-refractivity contribution < 1.29 is 14.5 Å². The fourth-order valence-corrected chi connectivity index (χ4v) is 3.39. The molecule has 24 heavy (non-hydrogen) atoms. The topological polar surface area (TPSA) is 84.7 Å². The van der Waals surface area contributed by atoms with E-state index in [9.17, 15) is 14.9 Å². The summed E-state index contributed by atoms with van der Waals surface area (Å²) >= 11 is 0. The van der Waals surface area contributed by atoms with E-state index in [0.29, 0.717) is 17.6 Å². The maximum Gasteiger partial charge on any atom is 0.273 e. The number of hydrogen-bond donors (Lipinski definition) is 1. The number of nitrogens with one attached hydrogen (secondary N) is 1. The van der Waals surface area contributed by atoms with Crippen molar-refractivity contribution in [2.45, 2.75) is 12.8 Å². The van der Waals surface area contributed by atoms with E-state index < -0.39 is 4.92 Å². The van der Waals surface area contributed by atoms with Gasteiger partial charge in [-0.1, -0.05) is 6.07 Å². The molecule has 1 aromatic carbocycles. The van der Waals surface area contributed by atoms with Crippen LogP contribution in [0.2, 0.25) is 0 Å². The Labute approximate surface area is 146 Å². The minimum Gasteiger partial charge on any atom is -0.484 e. The summed E-state index contributed by atoms with van der Waals surface area (Å²) in [5.41, 5.74) is -0.0370. The molecule has 3 rings (SSSR count). The lowest BCUT2D eigenvalue weighted by atomic mass is 9.92. The van der Waals surface area contributed by atoms with Gasteiger partial charge in [-0.15, -0.1) is 12.4 Å². The third kappa shape index (κ3) is 4.36. The summed E-state index contributed by atoms with van der Waals surface area (Å²) in [4.78, 5) is 24.4. The third-order valence-corrected chi connectivity index (χ3v) is 4.76. The van der Waals surface area contributed by atoms with E-state index in [1.807, 2.05) is 4.90 Å². The Morgan fingerprint density at radius 3 is 2.58 bits per heavy atom. The Morgan fingerprint density at radius 1 is 1.29 bits per heavy atom. The lowest BCUT2D eigenvalue weighted by molar-refractivity contribution is -0.384. The Balaban J connectivity index is 0.00000208. The molecule has 1 aromatic rings. The molecule has 2 atom stereocenters. The minimum atomic E-state index is -0.476. The molecule has 1 N–H and O–H groups in total. The van der Waals surface area contributed by atoms with Crippen molar-refractivity contribution in [3.8, 4) is 5.75 Å². The molecule has 1 amide bonds. The van der Waals surface area contributed by atoms with Crippen LogP contribution in [-0.2, 0) is 4.79 Å². The quantitative estimate of drug-likeness (QED) is 0.658. The van der Waals surface area contributed by atoms with Gasteiger partial charge in [0.1, 0.15) is 5.75 Å². The first-order valence-electron chi connectivity index (χ1n) is 7.99. The average Bonchev–Trinajstić information content (AvgIpc) is 2.91. The highest BCUT2D eigenvalue weighted by Gasteiger charge is 2.31. The molecule has 2 fully saturated rings. The van der Waals surface area contributed by atoms with Crippen molar-refractivity contribution in [1.82, 2.24) is 10.2 Å². The largest absolute Gasteiger partial charge is 0.484 e. The van der Waals surface area contributed by atoms with E-state index in [1.54, 1.807) is 12.1 Å². The fourth-order valence-electron chi connectivity index (χ4n) is 3.39. The highest BCUT2D eigenvalue weighted by atomic mass is 35.5. The molecule has 0 unspecified atom stereocenters. The molecule has 8 heteroatoms. The van der Waals surface area contributed by atoms with Gasteiger partial charge in [0.15, 0.2) is 6.61 Å². The van der Waals surface area contributed by atoms with Crippen molar-refractivity contribution in [2.75, 3.05) is 32.8 Å². The first kappa shape index (κ1) is 18.5. The van der Waals surface area contributed by atoms with E-state index in [4.69, 9.17) is 4.74 Å². The Morgan fingerprint density at radius 2 is 1.96 bits per heavy atom. The molecule has 0 bridgehead atoms. The van der Waals surface area contributed by atoms with Crippen molar-refractivity contribution in [2.24, 2.45) is 11.8 Å². The zero-order valence-electron chi connectivity index (χ0n) is 13.3. The number of nitro groups is 1. The summed E-state index contributed by atoms with van der Waals surface area (Å²) in [6, 6.07) is 5.92. The summed E-state index contributed by atoms with van der Waals surface area (Å²) in [7, 11) is 0. The van der Waals surface area contributed by atoms with Crippen LogP contribution in [0.4, 0.5) is 5.69 Å². The van der Waals surface area contributed by atoms with Gasteiger partial charge in [0.2, 0.25) is 0 Å². The van der Waals surface area contributed by atoms with Gasteiger partial charge in [0.05, 0.1) is 11.0 Å². The molecule has 0 spiro atoms. The van der Waals surface area contributed by atoms with Gasteiger partial charge in [0.25, 0.3) is 11.6 Å². The van der Waals surface area contributed by atoms with E-state index in [1.165, 1.54) is 12.1 Å². The summed E-state index contributed by atoms with van der Waals surface area (Å²) in [6.45, 7) is 3.56. The third-order valence-electron chi connectivity index (χ3n) is 4.76. The number of fused-ring (bicyclic) bond motifs is 1. The molecule has 0 radical (unpaired) electrons. The van der Waals surface area contributed by atoms with E-state index in [-0.39, 0.29) is 30.6 Å². The second-order valence-corrected chi connectivity index (χ2v) is 6.18. The minimum absolute atomic E-state index is 0. The monoisotopic (exact) mass is 355 g/mol. The van der Waals surface area contributed by atoms with Gasteiger partial charge in [-0.3, -0.25) is 14.9 Å². The predicted octanol–water partition coefficient (Wildman–Crippen LogP) is 1.85. The average molecular weight is 356 g/mol. The number of non-ortho nitro benzene ring substituents is 1. The molecular weight excluding hydrogens is 334 g/mol. The summed E-state index contributed by atoms with van der Waals surface area (Å²) in [6.07, 6.45) is 2.06. The number of benzene rings is 1. The Bertz CT molecular complexity index is 584. The first-order chi connectivity index (χ1) is 11.1. The highest BCUT2D eigenvalue weighted by Crippen LogP contribution is 2.27. The molecule has 2 aliphatic rings. The molecule has 132 valence electrons. The Kier molecular flexibility index (Phi) is 6.39. The number of hydrogen-bond acceptors (Lipinski definition) is 5. The van der Waals surface area contributed by atoms with Gasteiger partial charge < -0.3 is 15.0 Å². The lowest BCUT2D eigenvalue weighted by Gasteiger charge is -2.21. The van der Waals surface area contributed by atoms with Crippen molar-refractivity contribution in [3.05, 3.63) is 34.4 Å². The standard InChI is InChI=1S/C16H21N3O4.ClH/c20-16(11-23-15-3-1-2-14(8-15)19(21)22)18-6-4-12-9-17-10-13(12)5-7-18;/h1-3,8,12-13,17H,4-7,9-11H2;1H/t12-,13+;. The number of nitrogens with zero attached hydrogens (tertiary/aromatic N) is 2. The van der Waals surface area contributed by atoms with Crippen LogP contribution in [0.5, 0.6) is 5.75 Å². The van der Waals surface area contributed by atoms with E-state index in [0.717, 1.165) is 39.0 Å². The Hall–Kier alpha value is -1.86. The molecule has 2 heterocycles. The number of carbonyl (C=O) groups excluding carboxylic acids is 1. The first-order valence-corrected chi connectivity index (χ1v) is 7.99. The SMILES string of the molecule is Cl.O=C(COc1cccc([N+](=O)[O-])c1)N1CC[C@@H]2CNC[C@@H]2CC1. The fraction of sp³-hybridized carbons (Fsp3) is 0.562. The number of ether oxygens (including phenoxy) is 1. The normalized spacial score (nSPS) is 22.9. The van der Waals surface area contributed by atoms with E-state index >= 15 is 0 Å². The summed E-state index contributed by atoms with van der Waals surface area (Å²) < 4.78 is 5.44. The van der Waals surface area contributed by atoms with Gasteiger partial charge in [0, 0.05) is 19.2 Å². The number of rotatable bonds is 4. The van der Waals surface area contributed by atoms with Crippen molar-refractivity contribution >= 4 is 24.0 Å². The number of likely N-dealkylation sites (tertiary alicyclic amines) is 1. The van der Waals surface area contributed by atoms with Gasteiger partial charge >= 0.3 is 0 Å². The second-order valence-electron chi connectivity index (χ2n) is 6.18. The second kappa shape index (κ2) is 8.30. The number of halogens is 1. The molecule has 0 aromatic heterocycles. The molecule has 0 saturated carbocycles.